The summed E-state index contributed by atoms with van der Waals surface area (Å²) in [7, 11) is 0. The summed E-state index contributed by atoms with van der Waals surface area (Å²) in [5, 5.41) is 3.52. The van der Waals surface area contributed by atoms with Gasteiger partial charge < -0.3 is 10.2 Å². The fraction of sp³-hybridized carbons (Fsp3) is 1.00. The maximum absolute atomic E-state index is 3.52. The van der Waals surface area contributed by atoms with Gasteiger partial charge in [0.1, 0.15) is 0 Å². The first-order chi connectivity index (χ1) is 8.07. The van der Waals surface area contributed by atoms with Gasteiger partial charge in [-0.25, -0.2) is 0 Å². The minimum Gasteiger partial charge on any atom is -0.316 e. The molecule has 0 aromatic heterocycles. The van der Waals surface area contributed by atoms with Gasteiger partial charge in [-0.2, -0.15) is 0 Å². The minimum absolute atomic E-state index is 0.692. The Hall–Kier alpha value is -0.0800. The van der Waals surface area contributed by atoms with E-state index in [1.165, 1.54) is 38.8 Å². The number of nitrogens with zero attached hydrogens (tertiary/aromatic N) is 1. The molecule has 0 saturated heterocycles. The Morgan fingerprint density at radius 2 is 1.59 bits per heavy atom. The lowest BCUT2D eigenvalue weighted by Gasteiger charge is -2.26. The molecule has 0 radical (unpaired) electrons. The predicted octanol–water partition coefficient (Wildman–Crippen LogP) is 3.52. The Balaban J connectivity index is 3.56. The summed E-state index contributed by atoms with van der Waals surface area (Å²) in [4.78, 5) is 2.62. The van der Waals surface area contributed by atoms with Gasteiger partial charge in [-0.05, 0) is 58.8 Å². The van der Waals surface area contributed by atoms with Gasteiger partial charge in [-0.1, -0.05) is 33.6 Å². The van der Waals surface area contributed by atoms with E-state index in [0.717, 1.165) is 19.0 Å². The second kappa shape index (κ2) is 11.0. The van der Waals surface area contributed by atoms with Crippen LogP contribution in [0.15, 0.2) is 0 Å². The van der Waals surface area contributed by atoms with E-state index in [1.807, 2.05) is 0 Å². The van der Waals surface area contributed by atoms with Crippen molar-refractivity contribution in [1.29, 1.82) is 0 Å². The van der Waals surface area contributed by atoms with Crippen LogP contribution in [0.1, 0.15) is 60.3 Å². The smallest absolute Gasteiger partial charge is 0.00385 e. The lowest BCUT2D eigenvalue weighted by Crippen LogP contribution is -2.34. The molecule has 0 bridgehead atoms. The van der Waals surface area contributed by atoms with Gasteiger partial charge in [0.25, 0.3) is 0 Å². The maximum atomic E-state index is 3.52. The molecule has 0 aliphatic heterocycles. The van der Waals surface area contributed by atoms with Crippen LogP contribution in [0.4, 0.5) is 0 Å². The SMILES string of the molecule is CCCCCN(CCCNCC(C)C)C(C)C. The molecule has 0 aliphatic carbocycles. The van der Waals surface area contributed by atoms with Gasteiger partial charge in [0.15, 0.2) is 0 Å². The summed E-state index contributed by atoms with van der Waals surface area (Å²) in [5.41, 5.74) is 0. The number of hydrogen-bond acceptors (Lipinski definition) is 2. The van der Waals surface area contributed by atoms with E-state index >= 15 is 0 Å². The molecule has 0 unspecified atom stereocenters. The molecule has 0 aromatic rings. The van der Waals surface area contributed by atoms with E-state index in [4.69, 9.17) is 0 Å². The van der Waals surface area contributed by atoms with E-state index < -0.39 is 0 Å². The van der Waals surface area contributed by atoms with E-state index in [9.17, 15) is 0 Å². The second-order valence-corrected chi connectivity index (χ2v) is 5.79. The van der Waals surface area contributed by atoms with Crippen molar-refractivity contribution in [2.75, 3.05) is 26.2 Å². The highest BCUT2D eigenvalue weighted by atomic mass is 15.1. The fourth-order valence-corrected chi connectivity index (χ4v) is 1.99. The summed E-state index contributed by atoms with van der Waals surface area (Å²) < 4.78 is 0. The molecule has 0 heterocycles. The van der Waals surface area contributed by atoms with Crippen molar-refractivity contribution in [3.8, 4) is 0 Å². The summed E-state index contributed by atoms with van der Waals surface area (Å²) >= 11 is 0. The van der Waals surface area contributed by atoms with Gasteiger partial charge in [0.2, 0.25) is 0 Å². The molecular weight excluding hydrogens is 208 g/mol. The van der Waals surface area contributed by atoms with E-state index in [-0.39, 0.29) is 0 Å². The third-order valence-electron chi connectivity index (χ3n) is 3.13. The fourth-order valence-electron chi connectivity index (χ4n) is 1.99. The number of unbranched alkanes of at least 4 members (excludes halogenated alkanes) is 2. The lowest BCUT2D eigenvalue weighted by atomic mass is 10.2. The molecule has 0 rings (SSSR count). The first-order valence-electron chi connectivity index (χ1n) is 7.52. The third kappa shape index (κ3) is 10.8. The van der Waals surface area contributed by atoms with Crippen LogP contribution in [0.25, 0.3) is 0 Å². The topological polar surface area (TPSA) is 15.3 Å². The highest BCUT2D eigenvalue weighted by molar-refractivity contribution is 4.64. The molecule has 17 heavy (non-hydrogen) atoms. The van der Waals surface area contributed by atoms with Crippen LogP contribution in [0.5, 0.6) is 0 Å². The molecule has 0 spiro atoms. The standard InChI is InChI=1S/C15H34N2/c1-6-7-8-11-17(15(4)5)12-9-10-16-13-14(2)3/h14-16H,6-13H2,1-5H3. The molecular formula is C15H34N2. The Kier molecular flexibility index (Phi) is 11.0. The molecule has 2 nitrogen and oxygen atoms in total. The van der Waals surface area contributed by atoms with Crippen LogP contribution in [0.3, 0.4) is 0 Å². The molecule has 0 atom stereocenters. The van der Waals surface area contributed by atoms with Crippen LogP contribution in [0.2, 0.25) is 0 Å². The Bertz CT molecular complexity index is 155. The van der Waals surface area contributed by atoms with E-state index in [1.54, 1.807) is 0 Å². The lowest BCUT2D eigenvalue weighted by molar-refractivity contribution is 0.214. The van der Waals surface area contributed by atoms with Crippen molar-refractivity contribution < 1.29 is 0 Å². The van der Waals surface area contributed by atoms with Crippen molar-refractivity contribution in [2.24, 2.45) is 5.92 Å². The number of nitrogens with one attached hydrogen (secondary N) is 1. The maximum Gasteiger partial charge on any atom is 0.00385 e. The number of hydrogen-bond donors (Lipinski definition) is 1. The highest BCUT2D eigenvalue weighted by Gasteiger charge is 2.07. The van der Waals surface area contributed by atoms with Gasteiger partial charge in [-0.3, -0.25) is 0 Å². The number of rotatable bonds is 11. The van der Waals surface area contributed by atoms with E-state index in [0.29, 0.717) is 6.04 Å². The van der Waals surface area contributed by atoms with Crippen LogP contribution < -0.4 is 5.32 Å². The highest BCUT2D eigenvalue weighted by Crippen LogP contribution is 2.04. The van der Waals surface area contributed by atoms with Gasteiger partial charge in [0.05, 0.1) is 0 Å². The first kappa shape index (κ1) is 16.9. The molecule has 0 aromatic carbocycles. The predicted molar refractivity (Wildman–Crippen MR) is 78.6 cm³/mol. The van der Waals surface area contributed by atoms with Crippen LogP contribution in [-0.2, 0) is 0 Å². The Morgan fingerprint density at radius 3 is 2.12 bits per heavy atom. The first-order valence-corrected chi connectivity index (χ1v) is 7.52. The van der Waals surface area contributed by atoms with Crippen molar-refractivity contribution in [3.63, 3.8) is 0 Å². The quantitative estimate of drug-likeness (QED) is 0.558. The summed E-state index contributed by atoms with van der Waals surface area (Å²) in [5.74, 6) is 0.765. The van der Waals surface area contributed by atoms with Crippen molar-refractivity contribution >= 4 is 0 Å². The Labute approximate surface area is 109 Å². The molecule has 2 heteroatoms. The summed E-state index contributed by atoms with van der Waals surface area (Å²) in [6, 6.07) is 0.692. The average Bonchev–Trinajstić information content (AvgIpc) is 2.25. The van der Waals surface area contributed by atoms with Crippen LogP contribution >= 0.6 is 0 Å². The summed E-state index contributed by atoms with van der Waals surface area (Å²) in [6.45, 7) is 16.3. The van der Waals surface area contributed by atoms with Crippen LogP contribution in [-0.4, -0.2) is 37.1 Å². The summed E-state index contributed by atoms with van der Waals surface area (Å²) in [6.07, 6.45) is 5.32. The molecule has 0 saturated carbocycles. The molecule has 0 amide bonds. The van der Waals surface area contributed by atoms with Gasteiger partial charge in [0, 0.05) is 6.04 Å². The Morgan fingerprint density at radius 1 is 0.941 bits per heavy atom. The van der Waals surface area contributed by atoms with Crippen molar-refractivity contribution in [3.05, 3.63) is 0 Å². The zero-order chi connectivity index (χ0) is 13.1. The zero-order valence-corrected chi connectivity index (χ0v) is 12.8. The zero-order valence-electron chi connectivity index (χ0n) is 12.8. The average molecular weight is 242 g/mol. The van der Waals surface area contributed by atoms with Crippen molar-refractivity contribution in [1.82, 2.24) is 10.2 Å². The normalized spacial score (nSPS) is 12.0. The van der Waals surface area contributed by atoms with E-state index in [2.05, 4.69) is 44.8 Å². The largest absolute Gasteiger partial charge is 0.316 e. The minimum atomic E-state index is 0.692. The molecule has 0 aliphatic rings. The second-order valence-electron chi connectivity index (χ2n) is 5.79. The monoisotopic (exact) mass is 242 g/mol. The van der Waals surface area contributed by atoms with Gasteiger partial charge >= 0.3 is 0 Å². The molecule has 1 N–H and O–H groups in total. The van der Waals surface area contributed by atoms with Crippen LogP contribution in [0, 0.1) is 5.92 Å². The molecule has 0 fully saturated rings. The molecule has 104 valence electrons. The van der Waals surface area contributed by atoms with Crippen molar-refractivity contribution in [2.45, 2.75) is 66.3 Å². The van der Waals surface area contributed by atoms with Gasteiger partial charge in [-0.15, -0.1) is 0 Å². The third-order valence-corrected chi connectivity index (χ3v) is 3.13.